The number of rotatable bonds is 6. The summed E-state index contributed by atoms with van der Waals surface area (Å²) in [6, 6.07) is 0. The summed E-state index contributed by atoms with van der Waals surface area (Å²) < 4.78 is 29.4. The van der Waals surface area contributed by atoms with Crippen LogP contribution in [-0.2, 0) is 19.6 Å². The molecule has 7 heteroatoms. The Morgan fingerprint density at radius 1 is 1.64 bits per heavy atom. The first-order valence-electron chi connectivity index (χ1n) is 4.21. The zero-order valence-corrected chi connectivity index (χ0v) is 8.58. The Hall–Kier alpha value is -0.660. The molecular weight excluding hydrogens is 210 g/mol. The molecule has 1 fully saturated rings. The minimum atomic E-state index is -3.32. The van der Waals surface area contributed by atoms with E-state index in [9.17, 15) is 13.2 Å². The number of hydrogen-bond acceptors (Lipinski definition) is 4. The van der Waals surface area contributed by atoms with Crippen LogP contribution in [0.25, 0.3) is 0 Å². The Morgan fingerprint density at radius 3 is 2.57 bits per heavy atom. The van der Waals surface area contributed by atoms with Gasteiger partial charge < -0.3 is 9.84 Å². The molecule has 0 aromatic heterocycles. The molecule has 14 heavy (non-hydrogen) atoms. The molecule has 1 aliphatic rings. The van der Waals surface area contributed by atoms with Gasteiger partial charge in [-0.25, -0.2) is 17.9 Å². The van der Waals surface area contributed by atoms with E-state index in [1.165, 1.54) is 7.11 Å². The molecule has 1 unspecified atom stereocenters. The molecule has 0 saturated heterocycles. The summed E-state index contributed by atoms with van der Waals surface area (Å²) in [4.78, 5) is 10.5. The van der Waals surface area contributed by atoms with Gasteiger partial charge in [0.1, 0.15) is 0 Å². The van der Waals surface area contributed by atoms with Crippen LogP contribution in [-0.4, -0.2) is 44.5 Å². The van der Waals surface area contributed by atoms with Crippen LogP contribution in [0.3, 0.4) is 0 Å². The lowest BCUT2D eigenvalue weighted by molar-refractivity contribution is -0.147. The molecule has 0 aromatic rings. The predicted molar refractivity (Wildman–Crippen MR) is 48.4 cm³/mol. The highest BCUT2D eigenvalue weighted by molar-refractivity contribution is 7.90. The number of aliphatic carboxylic acids is 1. The van der Waals surface area contributed by atoms with E-state index in [2.05, 4.69) is 9.46 Å². The van der Waals surface area contributed by atoms with Crippen molar-refractivity contribution in [2.24, 2.45) is 0 Å². The molecule has 0 bridgehead atoms. The fourth-order valence-electron chi connectivity index (χ4n) is 0.959. The Kier molecular flexibility index (Phi) is 3.46. The summed E-state index contributed by atoms with van der Waals surface area (Å²) in [6.07, 6.45) is 0.184. The molecule has 1 aliphatic carbocycles. The van der Waals surface area contributed by atoms with Crippen molar-refractivity contribution in [1.82, 2.24) is 4.72 Å². The standard InChI is InChI=1S/C7H13NO5S/c1-13-6(7(9)10)4-8-14(11,12)5-2-3-5/h5-6,8H,2-4H2,1H3,(H,9,10). The van der Waals surface area contributed by atoms with Crippen LogP contribution in [0.4, 0.5) is 0 Å². The zero-order valence-electron chi connectivity index (χ0n) is 7.76. The highest BCUT2D eigenvalue weighted by Gasteiger charge is 2.36. The predicted octanol–water partition coefficient (Wildman–Crippen LogP) is -0.832. The van der Waals surface area contributed by atoms with Gasteiger partial charge in [0.2, 0.25) is 10.0 Å². The first kappa shape index (κ1) is 11.4. The third-order valence-electron chi connectivity index (χ3n) is 1.99. The smallest absolute Gasteiger partial charge is 0.334 e. The molecule has 82 valence electrons. The highest BCUT2D eigenvalue weighted by atomic mass is 32.2. The molecule has 0 aromatic carbocycles. The van der Waals surface area contributed by atoms with Crippen LogP contribution < -0.4 is 4.72 Å². The number of sulfonamides is 1. The normalized spacial score (nSPS) is 19.2. The van der Waals surface area contributed by atoms with Crippen molar-refractivity contribution in [3.8, 4) is 0 Å². The minimum Gasteiger partial charge on any atom is -0.479 e. The number of carbonyl (C=O) groups is 1. The van der Waals surface area contributed by atoms with Gasteiger partial charge in [0.25, 0.3) is 0 Å². The van der Waals surface area contributed by atoms with Gasteiger partial charge in [0.05, 0.1) is 5.25 Å². The number of ether oxygens (including phenoxy) is 1. The van der Waals surface area contributed by atoms with Crippen molar-refractivity contribution in [3.05, 3.63) is 0 Å². The Balaban J connectivity index is 2.42. The average Bonchev–Trinajstić information content (AvgIpc) is 2.86. The van der Waals surface area contributed by atoms with Gasteiger partial charge >= 0.3 is 5.97 Å². The van der Waals surface area contributed by atoms with Crippen molar-refractivity contribution in [1.29, 1.82) is 0 Å². The van der Waals surface area contributed by atoms with Crippen LogP contribution in [0, 0.1) is 0 Å². The maximum Gasteiger partial charge on any atom is 0.334 e. The summed E-state index contributed by atoms with van der Waals surface area (Å²) in [6.45, 7) is -0.218. The molecule has 0 radical (unpaired) electrons. The summed E-state index contributed by atoms with van der Waals surface area (Å²) in [7, 11) is -2.09. The van der Waals surface area contributed by atoms with Gasteiger partial charge in [-0.1, -0.05) is 0 Å². The van der Waals surface area contributed by atoms with Crippen molar-refractivity contribution >= 4 is 16.0 Å². The second-order valence-electron chi connectivity index (χ2n) is 3.16. The molecule has 0 amide bonds. The lowest BCUT2D eigenvalue weighted by Crippen LogP contribution is -2.39. The number of hydrogen-bond donors (Lipinski definition) is 2. The van der Waals surface area contributed by atoms with E-state index < -0.39 is 22.1 Å². The Bertz CT molecular complexity index is 308. The first-order valence-corrected chi connectivity index (χ1v) is 5.76. The molecule has 1 saturated carbocycles. The van der Waals surface area contributed by atoms with Gasteiger partial charge in [-0.2, -0.15) is 0 Å². The molecule has 0 heterocycles. The van der Waals surface area contributed by atoms with E-state index in [1.54, 1.807) is 0 Å². The fraction of sp³-hybridized carbons (Fsp3) is 0.857. The first-order chi connectivity index (χ1) is 6.47. The topological polar surface area (TPSA) is 92.7 Å². The van der Waals surface area contributed by atoms with Gasteiger partial charge in [-0.15, -0.1) is 0 Å². The Labute approximate surface area is 82.3 Å². The van der Waals surface area contributed by atoms with Crippen LogP contribution in [0.15, 0.2) is 0 Å². The van der Waals surface area contributed by atoms with Gasteiger partial charge in [-0.3, -0.25) is 0 Å². The highest BCUT2D eigenvalue weighted by Crippen LogP contribution is 2.27. The van der Waals surface area contributed by atoms with Gasteiger partial charge in [0, 0.05) is 13.7 Å². The lowest BCUT2D eigenvalue weighted by Gasteiger charge is -2.11. The van der Waals surface area contributed by atoms with Crippen LogP contribution in [0.5, 0.6) is 0 Å². The largest absolute Gasteiger partial charge is 0.479 e. The lowest BCUT2D eigenvalue weighted by atomic mass is 10.4. The number of nitrogens with one attached hydrogen (secondary N) is 1. The van der Waals surface area contributed by atoms with Crippen LogP contribution in [0.2, 0.25) is 0 Å². The summed E-state index contributed by atoms with van der Waals surface area (Å²) in [5.74, 6) is -1.18. The monoisotopic (exact) mass is 223 g/mol. The van der Waals surface area contributed by atoms with Crippen LogP contribution in [0.1, 0.15) is 12.8 Å². The van der Waals surface area contributed by atoms with E-state index in [0.717, 1.165) is 0 Å². The second-order valence-corrected chi connectivity index (χ2v) is 5.20. The third kappa shape index (κ3) is 2.93. The molecule has 1 atom stereocenters. The number of carboxylic acid groups (broad SMARTS) is 1. The molecule has 0 aliphatic heterocycles. The van der Waals surface area contributed by atoms with Gasteiger partial charge in [-0.05, 0) is 12.8 Å². The second kappa shape index (κ2) is 4.24. The van der Waals surface area contributed by atoms with E-state index >= 15 is 0 Å². The third-order valence-corrected chi connectivity index (χ3v) is 3.91. The van der Waals surface area contributed by atoms with E-state index in [0.29, 0.717) is 12.8 Å². The molecule has 2 N–H and O–H groups in total. The van der Waals surface area contributed by atoms with Crippen molar-refractivity contribution in [2.45, 2.75) is 24.2 Å². The van der Waals surface area contributed by atoms with Crippen LogP contribution >= 0.6 is 0 Å². The number of carboxylic acids is 1. The molecular formula is C7H13NO5S. The van der Waals surface area contributed by atoms with E-state index in [-0.39, 0.29) is 11.8 Å². The minimum absolute atomic E-state index is 0.218. The molecule has 0 spiro atoms. The van der Waals surface area contributed by atoms with Crippen molar-refractivity contribution in [2.75, 3.05) is 13.7 Å². The SMILES string of the molecule is COC(CNS(=O)(=O)C1CC1)C(=O)O. The number of methoxy groups -OCH3 is 1. The average molecular weight is 223 g/mol. The van der Waals surface area contributed by atoms with Crippen molar-refractivity contribution < 1.29 is 23.1 Å². The van der Waals surface area contributed by atoms with E-state index in [4.69, 9.17) is 5.11 Å². The maximum absolute atomic E-state index is 11.3. The maximum atomic E-state index is 11.3. The van der Waals surface area contributed by atoms with Crippen molar-refractivity contribution in [3.63, 3.8) is 0 Å². The van der Waals surface area contributed by atoms with E-state index in [1.807, 2.05) is 0 Å². The summed E-state index contributed by atoms with van der Waals surface area (Å²) in [5, 5.41) is 8.23. The zero-order chi connectivity index (χ0) is 10.8. The molecule has 1 rings (SSSR count). The molecule has 6 nitrogen and oxygen atoms in total. The summed E-state index contributed by atoms with van der Waals surface area (Å²) in [5.41, 5.74) is 0. The summed E-state index contributed by atoms with van der Waals surface area (Å²) >= 11 is 0. The van der Waals surface area contributed by atoms with Gasteiger partial charge in [0.15, 0.2) is 6.10 Å². The quantitative estimate of drug-likeness (QED) is 0.613. The fourth-order valence-corrected chi connectivity index (χ4v) is 2.34. The Morgan fingerprint density at radius 2 is 2.21 bits per heavy atom.